The Balaban J connectivity index is 1.75. The van der Waals surface area contributed by atoms with E-state index in [1.807, 2.05) is 37.3 Å². The van der Waals surface area contributed by atoms with Crippen molar-refractivity contribution in [3.8, 4) is 11.5 Å². The largest absolute Gasteiger partial charge is 0.497 e. The number of urea groups is 1. The summed E-state index contributed by atoms with van der Waals surface area (Å²) in [5.41, 5.74) is 1.69. The Kier molecular flexibility index (Phi) is 7.17. The fourth-order valence-electron chi connectivity index (χ4n) is 3.81. The Labute approximate surface area is 177 Å². The van der Waals surface area contributed by atoms with E-state index in [1.165, 1.54) is 0 Å². The van der Waals surface area contributed by atoms with Crippen LogP contribution in [0.4, 0.5) is 10.5 Å². The predicted octanol–water partition coefficient (Wildman–Crippen LogP) is 3.83. The molecule has 2 atom stereocenters. The van der Waals surface area contributed by atoms with E-state index in [2.05, 4.69) is 10.6 Å². The zero-order chi connectivity index (χ0) is 21.5. The van der Waals surface area contributed by atoms with Gasteiger partial charge in [0, 0.05) is 37.0 Å². The van der Waals surface area contributed by atoms with Crippen LogP contribution in [0.2, 0.25) is 0 Å². The minimum atomic E-state index is -0.301. The highest BCUT2D eigenvalue weighted by Crippen LogP contribution is 2.34. The van der Waals surface area contributed by atoms with Crippen LogP contribution >= 0.6 is 0 Å². The molecule has 1 aliphatic rings. The van der Waals surface area contributed by atoms with Crippen LogP contribution in [-0.4, -0.2) is 44.1 Å². The van der Waals surface area contributed by atoms with Gasteiger partial charge in [0.1, 0.15) is 11.5 Å². The average Bonchev–Trinajstić information content (AvgIpc) is 2.79. The maximum atomic E-state index is 13.0. The molecule has 1 heterocycles. The number of amides is 3. The highest BCUT2D eigenvalue weighted by molar-refractivity contribution is 5.93. The van der Waals surface area contributed by atoms with Gasteiger partial charge in [0.05, 0.1) is 26.2 Å². The number of rotatable bonds is 6. The topological polar surface area (TPSA) is 79.9 Å². The number of likely N-dealkylation sites (tertiary alicyclic amines) is 1. The molecule has 3 amide bonds. The summed E-state index contributed by atoms with van der Waals surface area (Å²) in [6.45, 7) is 2.79. The molecule has 2 aromatic rings. The van der Waals surface area contributed by atoms with Gasteiger partial charge in [0.25, 0.3) is 0 Å². The molecule has 0 bridgehead atoms. The number of carbonyl (C=O) groups is 2. The van der Waals surface area contributed by atoms with Crippen molar-refractivity contribution in [2.75, 3.05) is 32.6 Å². The van der Waals surface area contributed by atoms with Crippen molar-refractivity contribution in [2.24, 2.45) is 5.92 Å². The van der Waals surface area contributed by atoms with E-state index in [0.717, 1.165) is 12.0 Å². The molecule has 7 nitrogen and oxygen atoms in total. The number of carbonyl (C=O) groups excluding carboxylic acids is 2. The summed E-state index contributed by atoms with van der Waals surface area (Å²) < 4.78 is 10.5. The standard InChI is InChI=1S/C23H29N3O4/c1-4-24-23(28)26-15-17(10-11-21(26)16-8-6-5-7-9-16)22(27)25-18-12-19(29-2)14-20(13-18)30-3/h5-9,12-14,17,21H,4,10-11,15H2,1-3H3,(H,24,28)(H,25,27). The third kappa shape index (κ3) is 5.03. The van der Waals surface area contributed by atoms with Gasteiger partial charge < -0.3 is 25.0 Å². The molecule has 3 rings (SSSR count). The number of ether oxygens (including phenoxy) is 2. The molecular formula is C23H29N3O4. The SMILES string of the molecule is CCNC(=O)N1CC(C(=O)Nc2cc(OC)cc(OC)c2)CCC1c1ccccc1. The molecule has 1 fully saturated rings. The lowest BCUT2D eigenvalue weighted by Gasteiger charge is -2.39. The van der Waals surface area contributed by atoms with Crippen LogP contribution in [0.3, 0.4) is 0 Å². The summed E-state index contributed by atoms with van der Waals surface area (Å²) in [5, 5.41) is 5.83. The summed E-state index contributed by atoms with van der Waals surface area (Å²) in [6, 6.07) is 15.0. The van der Waals surface area contributed by atoms with E-state index in [1.54, 1.807) is 37.3 Å². The van der Waals surface area contributed by atoms with E-state index in [0.29, 0.717) is 36.7 Å². The Morgan fingerprint density at radius 3 is 2.30 bits per heavy atom. The first-order valence-electron chi connectivity index (χ1n) is 10.2. The first-order chi connectivity index (χ1) is 14.5. The Morgan fingerprint density at radius 1 is 1.03 bits per heavy atom. The molecule has 0 aromatic heterocycles. The molecule has 1 aliphatic heterocycles. The second-order valence-corrected chi connectivity index (χ2v) is 7.28. The normalized spacial score (nSPS) is 18.4. The lowest BCUT2D eigenvalue weighted by molar-refractivity contribution is -0.121. The van der Waals surface area contributed by atoms with E-state index in [4.69, 9.17) is 9.47 Å². The molecule has 2 N–H and O–H groups in total. The number of benzene rings is 2. The van der Waals surface area contributed by atoms with Crippen LogP contribution in [-0.2, 0) is 4.79 Å². The number of methoxy groups -OCH3 is 2. The van der Waals surface area contributed by atoms with Gasteiger partial charge in [-0.1, -0.05) is 30.3 Å². The van der Waals surface area contributed by atoms with Gasteiger partial charge in [-0.25, -0.2) is 4.79 Å². The highest BCUT2D eigenvalue weighted by atomic mass is 16.5. The molecule has 0 saturated carbocycles. The number of hydrogen-bond acceptors (Lipinski definition) is 4. The predicted molar refractivity (Wildman–Crippen MR) is 116 cm³/mol. The molecule has 7 heteroatoms. The van der Waals surface area contributed by atoms with Gasteiger partial charge in [-0.15, -0.1) is 0 Å². The van der Waals surface area contributed by atoms with Crippen molar-refractivity contribution < 1.29 is 19.1 Å². The van der Waals surface area contributed by atoms with Crippen LogP contribution < -0.4 is 20.1 Å². The van der Waals surface area contributed by atoms with Crippen molar-refractivity contribution in [1.82, 2.24) is 10.2 Å². The van der Waals surface area contributed by atoms with Crippen molar-refractivity contribution >= 4 is 17.6 Å². The summed E-state index contributed by atoms with van der Waals surface area (Å²) in [6.07, 6.45) is 1.42. The highest BCUT2D eigenvalue weighted by Gasteiger charge is 2.35. The van der Waals surface area contributed by atoms with E-state index >= 15 is 0 Å². The molecule has 2 aromatic carbocycles. The molecular weight excluding hydrogens is 382 g/mol. The van der Waals surface area contributed by atoms with Crippen molar-refractivity contribution in [3.05, 3.63) is 54.1 Å². The maximum absolute atomic E-state index is 13.0. The molecule has 1 saturated heterocycles. The van der Waals surface area contributed by atoms with E-state index < -0.39 is 0 Å². The van der Waals surface area contributed by atoms with Crippen molar-refractivity contribution in [1.29, 1.82) is 0 Å². The molecule has 0 radical (unpaired) electrons. The van der Waals surface area contributed by atoms with Crippen LogP contribution in [0, 0.1) is 5.92 Å². The van der Waals surface area contributed by atoms with Crippen LogP contribution in [0.5, 0.6) is 11.5 Å². The average molecular weight is 412 g/mol. The fraction of sp³-hybridized carbons (Fsp3) is 0.391. The first-order valence-corrected chi connectivity index (χ1v) is 10.2. The molecule has 0 spiro atoms. The monoisotopic (exact) mass is 411 g/mol. The van der Waals surface area contributed by atoms with Crippen LogP contribution in [0.15, 0.2) is 48.5 Å². The van der Waals surface area contributed by atoms with Gasteiger partial charge in [0.15, 0.2) is 0 Å². The minimum Gasteiger partial charge on any atom is -0.497 e. The molecule has 30 heavy (non-hydrogen) atoms. The summed E-state index contributed by atoms with van der Waals surface area (Å²) in [5.74, 6) is 0.777. The second kappa shape index (κ2) is 10.0. The van der Waals surface area contributed by atoms with Crippen LogP contribution in [0.25, 0.3) is 0 Å². The van der Waals surface area contributed by atoms with Gasteiger partial charge in [-0.3, -0.25) is 4.79 Å². The second-order valence-electron chi connectivity index (χ2n) is 7.28. The lowest BCUT2D eigenvalue weighted by Crippen LogP contribution is -2.49. The zero-order valence-electron chi connectivity index (χ0n) is 17.7. The fourth-order valence-corrected chi connectivity index (χ4v) is 3.81. The smallest absolute Gasteiger partial charge is 0.317 e. The lowest BCUT2D eigenvalue weighted by atomic mass is 9.88. The third-order valence-corrected chi connectivity index (χ3v) is 5.34. The van der Waals surface area contributed by atoms with Crippen LogP contribution in [0.1, 0.15) is 31.4 Å². The Bertz CT molecular complexity index is 850. The number of nitrogens with zero attached hydrogens (tertiary/aromatic N) is 1. The molecule has 2 unspecified atom stereocenters. The zero-order valence-corrected chi connectivity index (χ0v) is 17.7. The maximum Gasteiger partial charge on any atom is 0.317 e. The van der Waals surface area contributed by atoms with Crippen molar-refractivity contribution in [2.45, 2.75) is 25.8 Å². The van der Waals surface area contributed by atoms with Gasteiger partial charge in [-0.05, 0) is 25.3 Å². The quantitative estimate of drug-likeness (QED) is 0.757. The number of piperidine rings is 1. The number of nitrogens with one attached hydrogen (secondary N) is 2. The van der Waals surface area contributed by atoms with Gasteiger partial charge in [-0.2, -0.15) is 0 Å². The summed E-state index contributed by atoms with van der Waals surface area (Å²) in [7, 11) is 3.13. The van der Waals surface area contributed by atoms with Gasteiger partial charge >= 0.3 is 6.03 Å². The Morgan fingerprint density at radius 2 is 1.70 bits per heavy atom. The third-order valence-electron chi connectivity index (χ3n) is 5.34. The summed E-state index contributed by atoms with van der Waals surface area (Å²) >= 11 is 0. The van der Waals surface area contributed by atoms with E-state index in [9.17, 15) is 9.59 Å². The van der Waals surface area contributed by atoms with E-state index in [-0.39, 0.29) is 23.9 Å². The minimum absolute atomic E-state index is 0.0429. The van der Waals surface area contributed by atoms with Crippen molar-refractivity contribution in [3.63, 3.8) is 0 Å². The number of anilines is 1. The first kappa shape index (κ1) is 21.5. The summed E-state index contributed by atoms with van der Waals surface area (Å²) in [4.78, 5) is 27.5. The Hall–Kier alpha value is -3.22. The molecule has 160 valence electrons. The number of hydrogen-bond donors (Lipinski definition) is 2. The van der Waals surface area contributed by atoms with Gasteiger partial charge in [0.2, 0.25) is 5.91 Å². The molecule has 0 aliphatic carbocycles.